The van der Waals surface area contributed by atoms with Crippen molar-refractivity contribution in [1.82, 2.24) is 0 Å². The van der Waals surface area contributed by atoms with Gasteiger partial charge in [0.15, 0.2) is 0 Å². The van der Waals surface area contributed by atoms with E-state index < -0.39 is 11.1 Å². The lowest BCUT2D eigenvalue weighted by Crippen LogP contribution is -2.22. The van der Waals surface area contributed by atoms with Crippen LogP contribution in [0.15, 0.2) is 71.6 Å². The smallest absolute Gasteiger partial charge is 0.255 e. The van der Waals surface area contributed by atoms with Gasteiger partial charge in [-0.15, -0.1) is 11.8 Å². The molecule has 0 spiro atoms. The number of carbonyl (C=O) groups excluding carboxylic acids is 2. The number of nitrogens with one attached hydrogen (secondary N) is 2. The number of hydrogen-bond donors (Lipinski definition) is 2. The zero-order valence-electron chi connectivity index (χ0n) is 17.8. The van der Waals surface area contributed by atoms with Gasteiger partial charge in [-0.05, 0) is 49.4 Å². The van der Waals surface area contributed by atoms with E-state index in [9.17, 15) is 14.0 Å². The maximum atomic E-state index is 13.1. The summed E-state index contributed by atoms with van der Waals surface area (Å²) in [4.78, 5) is 25.8. The van der Waals surface area contributed by atoms with Crippen LogP contribution < -0.4 is 20.1 Å². The van der Waals surface area contributed by atoms with Gasteiger partial charge in [0.05, 0.1) is 19.5 Å². The highest BCUT2D eigenvalue weighted by molar-refractivity contribution is 8.00. The van der Waals surface area contributed by atoms with Crippen LogP contribution in [-0.2, 0) is 4.79 Å². The molecule has 0 aliphatic heterocycles. The van der Waals surface area contributed by atoms with Crippen molar-refractivity contribution in [2.75, 3.05) is 24.9 Å². The Morgan fingerprint density at radius 3 is 2.16 bits per heavy atom. The molecule has 166 valence electrons. The van der Waals surface area contributed by atoms with E-state index in [-0.39, 0.29) is 11.8 Å². The Balaban J connectivity index is 1.63. The molecule has 2 N–H and O–H groups in total. The minimum absolute atomic E-state index is 0.189. The van der Waals surface area contributed by atoms with Crippen molar-refractivity contribution in [3.8, 4) is 11.5 Å². The van der Waals surface area contributed by atoms with Crippen LogP contribution in [0.4, 0.5) is 15.8 Å². The number of hydrogen-bond acceptors (Lipinski definition) is 5. The Kier molecular flexibility index (Phi) is 7.72. The third-order valence-corrected chi connectivity index (χ3v) is 5.59. The summed E-state index contributed by atoms with van der Waals surface area (Å²) in [5, 5.41) is 5.24. The van der Waals surface area contributed by atoms with Gasteiger partial charge in [0.2, 0.25) is 5.91 Å². The highest BCUT2D eigenvalue weighted by atomic mass is 32.2. The molecule has 0 aliphatic carbocycles. The second kappa shape index (κ2) is 10.7. The van der Waals surface area contributed by atoms with E-state index in [0.29, 0.717) is 28.4 Å². The normalized spacial score (nSPS) is 11.4. The molecule has 0 heterocycles. The van der Waals surface area contributed by atoms with Gasteiger partial charge in [-0.2, -0.15) is 0 Å². The van der Waals surface area contributed by atoms with Gasteiger partial charge >= 0.3 is 0 Å². The number of halogens is 1. The Morgan fingerprint density at radius 2 is 1.53 bits per heavy atom. The predicted octanol–water partition coefficient (Wildman–Crippen LogP) is 5.21. The van der Waals surface area contributed by atoms with Crippen molar-refractivity contribution >= 4 is 35.0 Å². The Labute approximate surface area is 190 Å². The number of methoxy groups -OCH3 is 2. The van der Waals surface area contributed by atoms with Gasteiger partial charge in [0.1, 0.15) is 17.3 Å². The molecule has 3 aromatic carbocycles. The second-order valence-corrected chi connectivity index (χ2v) is 8.25. The summed E-state index contributed by atoms with van der Waals surface area (Å²) < 4.78 is 23.5. The van der Waals surface area contributed by atoms with Crippen molar-refractivity contribution in [1.29, 1.82) is 0 Å². The van der Waals surface area contributed by atoms with Crippen LogP contribution in [-0.4, -0.2) is 31.3 Å². The first-order chi connectivity index (χ1) is 15.4. The Hall–Kier alpha value is -3.52. The summed E-state index contributed by atoms with van der Waals surface area (Å²) in [7, 11) is 3.08. The van der Waals surface area contributed by atoms with E-state index in [1.54, 1.807) is 57.5 Å². The largest absolute Gasteiger partial charge is 0.497 e. The summed E-state index contributed by atoms with van der Waals surface area (Å²) >= 11 is 1.35. The van der Waals surface area contributed by atoms with E-state index in [1.165, 1.54) is 36.0 Å². The fourth-order valence-corrected chi connectivity index (χ4v) is 3.76. The summed E-state index contributed by atoms with van der Waals surface area (Å²) in [6.07, 6.45) is 0. The zero-order chi connectivity index (χ0) is 23.1. The lowest BCUT2D eigenvalue weighted by atomic mass is 10.2. The molecule has 1 atom stereocenters. The number of rotatable bonds is 8. The van der Waals surface area contributed by atoms with Crippen LogP contribution in [0.2, 0.25) is 0 Å². The zero-order valence-corrected chi connectivity index (χ0v) is 18.7. The van der Waals surface area contributed by atoms with E-state index in [0.717, 1.165) is 4.90 Å². The molecule has 0 bridgehead atoms. The van der Waals surface area contributed by atoms with Gasteiger partial charge in [0.25, 0.3) is 5.91 Å². The van der Waals surface area contributed by atoms with Crippen LogP contribution in [0.5, 0.6) is 11.5 Å². The molecule has 1 unspecified atom stereocenters. The van der Waals surface area contributed by atoms with E-state index >= 15 is 0 Å². The number of carbonyl (C=O) groups is 2. The fourth-order valence-electron chi connectivity index (χ4n) is 2.83. The van der Waals surface area contributed by atoms with Gasteiger partial charge in [0, 0.05) is 40.0 Å². The average Bonchev–Trinajstić information content (AvgIpc) is 2.79. The minimum Gasteiger partial charge on any atom is -0.497 e. The lowest BCUT2D eigenvalue weighted by Gasteiger charge is -2.14. The van der Waals surface area contributed by atoms with Crippen LogP contribution in [0.25, 0.3) is 0 Å². The topological polar surface area (TPSA) is 76.7 Å². The molecule has 8 heteroatoms. The fraction of sp³-hybridized carbons (Fsp3) is 0.167. The summed E-state index contributed by atoms with van der Waals surface area (Å²) in [5.41, 5.74) is 1.50. The SMILES string of the molecule is COc1cc(NC(=O)C(C)Sc2cccc(NC(=O)c3ccc(F)cc3)c2)cc(OC)c1. The molecule has 0 aromatic heterocycles. The molecule has 6 nitrogen and oxygen atoms in total. The molecular weight excluding hydrogens is 431 g/mol. The van der Waals surface area contributed by atoms with E-state index in [1.807, 2.05) is 6.07 Å². The third-order valence-electron chi connectivity index (χ3n) is 4.50. The number of ether oxygens (including phenoxy) is 2. The molecule has 3 rings (SSSR count). The monoisotopic (exact) mass is 454 g/mol. The van der Waals surface area contributed by atoms with Crippen LogP contribution in [0.1, 0.15) is 17.3 Å². The van der Waals surface area contributed by atoms with Gasteiger partial charge in [-0.3, -0.25) is 9.59 Å². The average molecular weight is 455 g/mol. The first-order valence-corrected chi connectivity index (χ1v) is 10.6. The maximum Gasteiger partial charge on any atom is 0.255 e. The van der Waals surface area contributed by atoms with Crippen LogP contribution in [0.3, 0.4) is 0 Å². The van der Waals surface area contributed by atoms with Gasteiger partial charge in [-0.25, -0.2) is 4.39 Å². The molecule has 0 radical (unpaired) electrons. The van der Waals surface area contributed by atoms with Crippen molar-refractivity contribution in [2.24, 2.45) is 0 Å². The standard InChI is InChI=1S/C24H23FN2O4S/c1-15(23(28)27-19-11-20(30-2)14-21(12-19)31-3)32-22-6-4-5-18(13-22)26-24(29)16-7-9-17(25)10-8-16/h4-15H,1-3H3,(H,26,29)(H,27,28). The summed E-state index contributed by atoms with van der Waals surface area (Å²) in [6.45, 7) is 1.79. The molecule has 3 aromatic rings. The van der Waals surface area contributed by atoms with Gasteiger partial charge in [-0.1, -0.05) is 6.07 Å². The third kappa shape index (κ3) is 6.24. The molecule has 0 saturated heterocycles. The number of benzene rings is 3. The highest BCUT2D eigenvalue weighted by Crippen LogP contribution is 2.29. The van der Waals surface area contributed by atoms with Gasteiger partial charge < -0.3 is 20.1 Å². The lowest BCUT2D eigenvalue weighted by molar-refractivity contribution is -0.115. The summed E-state index contributed by atoms with van der Waals surface area (Å²) in [5.74, 6) is 0.213. The van der Waals surface area contributed by atoms with Crippen LogP contribution in [0, 0.1) is 5.82 Å². The summed E-state index contributed by atoms with van der Waals surface area (Å²) in [6, 6.07) is 17.6. The first kappa shape index (κ1) is 23.1. The Morgan fingerprint density at radius 1 is 0.875 bits per heavy atom. The molecule has 0 aliphatic rings. The molecule has 0 fully saturated rings. The van der Waals surface area contributed by atoms with Crippen molar-refractivity contribution in [2.45, 2.75) is 17.1 Å². The molecule has 2 amide bonds. The van der Waals surface area contributed by atoms with Crippen molar-refractivity contribution < 1.29 is 23.5 Å². The van der Waals surface area contributed by atoms with Crippen molar-refractivity contribution in [3.63, 3.8) is 0 Å². The molecule has 32 heavy (non-hydrogen) atoms. The quantitative estimate of drug-likeness (QED) is 0.457. The number of anilines is 2. The predicted molar refractivity (Wildman–Crippen MR) is 124 cm³/mol. The number of thioether (sulfide) groups is 1. The van der Waals surface area contributed by atoms with Crippen molar-refractivity contribution in [3.05, 3.63) is 78.1 Å². The van der Waals surface area contributed by atoms with Crippen LogP contribution >= 0.6 is 11.8 Å². The highest BCUT2D eigenvalue weighted by Gasteiger charge is 2.16. The Bertz CT molecular complexity index is 1080. The van der Waals surface area contributed by atoms with E-state index in [4.69, 9.17) is 9.47 Å². The number of amides is 2. The first-order valence-electron chi connectivity index (χ1n) is 9.75. The molecule has 0 saturated carbocycles. The molecular formula is C24H23FN2O4S. The maximum absolute atomic E-state index is 13.1. The second-order valence-electron chi connectivity index (χ2n) is 6.84. The van der Waals surface area contributed by atoms with E-state index in [2.05, 4.69) is 10.6 Å². The minimum atomic E-state index is -0.407.